The molecule has 13 heteroatoms. The van der Waals surface area contributed by atoms with Crippen LogP contribution in [0.25, 0.3) is 11.1 Å². The summed E-state index contributed by atoms with van der Waals surface area (Å²) in [4.78, 5) is 4.25. The van der Waals surface area contributed by atoms with E-state index in [9.17, 15) is 26.7 Å². The van der Waals surface area contributed by atoms with Crippen molar-refractivity contribution in [1.82, 2.24) is 15.2 Å². The normalized spacial score (nSPS) is 18.3. The van der Waals surface area contributed by atoms with Gasteiger partial charge < -0.3 is 9.84 Å². The van der Waals surface area contributed by atoms with Crippen LogP contribution in [0.3, 0.4) is 0 Å². The van der Waals surface area contributed by atoms with Crippen LogP contribution in [0.4, 0.5) is 19.0 Å². The third-order valence-electron chi connectivity index (χ3n) is 5.04. The van der Waals surface area contributed by atoms with Crippen molar-refractivity contribution in [2.75, 3.05) is 11.3 Å². The summed E-state index contributed by atoms with van der Waals surface area (Å²) >= 11 is 5.84. The number of ether oxygens (including phenoxy) is 1. The van der Waals surface area contributed by atoms with Crippen molar-refractivity contribution in [1.29, 1.82) is 0 Å². The van der Waals surface area contributed by atoms with E-state index in [0.717, 1.165) is 5.69 Å². The van der Waals surface area contributed by atoms with Crippen LogP contribution in [0.15, 0.2) is 48.7 Å². The Bertz CT molecular complexity index is 1280. The quantitative estimate of drug-likeness (QED) is 0.548. The standard InChI is InChI=1S/C20H16ClF3N4O4S/c21-17-9-15(19(27-26-17)28-33(30,31)20(22,23)24)11-4-5-14-16(8-11)32-10-12(18(14)29)7-13-3-1-2-6-25-13/h1-6,8-9,12,18,29H,7,10H2,(H,27,28)/t12-,18+/m0/s1. The smallest absolute Gasteiger partial charge is 0.493 e. The molecular formula is C20H16ClF3N4O4S. The number of hydrogen-bond acceptors (Lipinski definition) is 7. The highest BCUT2D eigenvalue weighted by Crippen LogP contribution is 2.40. The highest BCUT2D eigenvalue weighted by atomic mass is 35.5. The Labute approximate surface area is 191 Å². The van der Waals surface area contributed by atoms with Crippen LogP contribution in [-0.2, 0) is 16.4 Å². The number of nitrogens with zero attached hydrogens (tertiary/aromatic N) is 3. The van der Waals surface area contributed by atoms with Crippen molar-refractivity contribution in [3.63, 3.8) is 0 Å². The summed E-state index contributed by atoms with van der Waals surface area (Å²) < 4.78 is 68.7. The first-order valence-corrected chi connectivity index (χ1v) is 11.4. The maximum atomic E-state index is 12.8. The Morgan fingerprint density at radius 1 is 1.18 bits per heavy atom. The van der Waals surface area contributed by atoms with Crippen LogP contribution in [0.1, 0.15) is 17.4 Å². The van der Waals surface area contributed by atoms with E-state index in [4.69, 9.17) is 16.3 Å². The zero-order chi connectivity index (χ0) is 23.8. The maximum absolute atomic E-state index is 12.8. The number of alkyl halides is 3. The average molecular weight is 501 g/mol. The van der Waals surface area contributed by atoms with Gasteiger partial charge in [-0.1, -0.05) is 29.8 Å². The summed E-state index contributed by atoms with van der Waals surface area (Å²) in [7, 11) is -5.73. The number of rotatable bonds is 5. The van der Waals surface area contributed by atoms with E-state index in [-0.39, 0.29) is 28.8 Å². The zero-order valence-corrected chi connectivity index (χ0v) is 18.2. The molecule has 0 bridgehead atoms. The molecule has 3 aromatic rings. The van der Waals surface area contributed by atoms with E-state index in [1.54, 1.807) is 18.3 Å². The van der Waals surface area contributed by atoms with Crippen molar-refractivity contribution < 1.29 is 31.4 Å². The number of hydrogen-bond donors (Lipinski definition) is 2. The van der Waals surface area contributed by atoms with Gasteiger partial charge in [0, 0.05) is 28.9 Å². The van der Waals surface area contributed by atoms with Crippen molar-refractivity contribution in [3.05, 3.63) is 65.1 Å². The summed E-state index contributed by atoms with van der Waals surface area (Å²) in [6, 6.07) is 11.2. The maximum Gasteiger partial charge on any atom is 0.516 e. The minimum Gasteiger partial charge on any atom is -0.493 e. The van der Waals surface area contributed by atoms with E-state index in [1.807, 2.05) is 12.1 Å². The van der Waals surface area contributed by atoms with E-state index < -0.39 is 27.5 Å². The van der Waals surface area contributed by atoms with Gasteiger partial charge in [0.05, 0.1) is 12.7 Å². The van der Waals surface area contributed by atoms with Crippen molar-refractivity contribution >= 4 is 27.4 Å². The molecule has 0 spiro atoms. The number of aliphatic hydroxyl groups is 1. The van der Waals surface area contributed by atoms with Gasteiger partial charge in [-0.05, 0) is 36.2 Å². The Kier molecular flexibility index (Phi) is 6.16. The number of aliphatic hydroxyl groups excluding tert-OH is 1. The van der Waals surface area contributed by atoms with Gasteiger partial charge >= 0.3 is 15.5 Å². The van der Waals surface area contributed by atoms with Gasteiger partial charge in [0.25, 0.3) is 0 Å². The first kappa shape index (κ1) is 23.2. The van der Waals surface area contributed by atoms with Crippen LogP contribution < -0.4 is 9.46 Å². The molecule has 4 rings (SSSR count). The summed E-state index contributed by atoms with van der Waals surface area (Å²) in [5.74, 6) is -0.611. The van der Waals surface area contributed by atoms with E-state index in [1.165, 1.54) is 22.9 Å². The van der Waals surface area contributed by atoms with Gasteiger partial charge in [-0.15, -0.1) is 10.2 Å². The second-order valence-corrected chi connectivity index (χ2v) is 9.34. The predicted molar refractivity (Wildman–Crippen MR) is 113 cm³/mol. The Morgan fingerprint density at radius 3 is 2.67 bits per heavy atom. The van der Waals surface area contributed by atoms with Crippen LogP contribution >= 0.6 is 11.6 Å². The highest BCUT2D eigenvalue weighted by molar-refractivity contribution is 7.93. The van der Waals surface area contributed by atoms with Crippen LogP contribution in [0.2, 0.25) is 5.15 Å². The largest absolute Gasteiger partial charge is 0.516 e. The Hall–Kier alpha value is -2.96. The molecule has 2 N–H and O–H groups in total. The van der Waals surface area contributed by atoms with Crippen molar-refractivity contribution in [2.45, 2.75) is 18.0 Å². The fourth-order valence-electron chi connectivity index (χ4n) is 3.42. The monoisotopic (exact) mass is 500 g/mol. The molecule has 1 aliphatic rings. The number of halogens is 4. The van der Waals surface area contributed by atoms with Crippen LogP contribution in [-0.4, -0.2) is 40.8 Å². The third kappa shape index (κ3) is 4.87. The summed E-state index contributed by atoms with van der Waals surface area (Å²) in [6.07, 6.45) is 1.27. The van der Waals surface area contributed by atoms with Gasteiger partial charge in [0.1, 0.15) is 5.75 Å². The van der Waals surface area contributed by atoms with Gasteiger partial charge in [-0.2, -0.15) is 21.6 Å². The lowest BCUT2D eigenvalue weighted by Gasteiger charge is -2.30. The van der Waals surface area contributed by atoms with Gasteiger partial charge in [0.15, 0.2) is 11.0 Å². The zero-order valence-electron chi connectivity index (χ0n) is 16.6. The van der Waals surface area contributed by atoms with E-state index in [2.05, 4.69) is 15.2 Å². The molecule has 0 saturated heterocycles. The summed E-state index contributed by atoms with van der Waals surface area (Å²) in [5.41, 5.74) is -4.04. The molecule has 1 aromatic carbocycles. The minimum atomic E-state index is -5.73. The lowest BCUT2D eigenvalue weighted by atomic mass is 9.88. The molecule has 1 aliphatic heterocycles. The van der Waals surface area contributed by atoms with Gasteiger partial charge in [-0.3, -0.25) is 9.71 Å². The molecule has 0 aliphatic carbocycles. The van der Waals surface area contributed by atoms with Crippen molar-refractivity contribution in [3.8, 4) is 16.9 Å². The minimum absolute atomic E-state index is 0.0423. The fraction of sp³-hybridized carbons (Fsp3) is 0.250. The molecule has 0 radical (unpaired) electrons. The molecule has 174 valence electrons. The third-order valence-corrected chi connectivity index (χ3v) is 6.30. The SMILES string of the molecule is O=S(=O)(Nc1nnc(Cl)cc1-c1ccc2c(c1)OC[C@H](Cc1ccccn1)[C@H]2O)C(F)(F)F. The molecular weight excluding hydrogens is 485 g/mol. The van der Waals surface area contributed by atoms with Crippen LogP contribution in [0.5, 0.6) is 5.75 Å². The molecule has 33 heavy (non-hydrogen) atoms. The number of fused-ring (bicyclic) bond motifs is 1. The Balaban J connectivity index is 1.65. The molecule has 0 amide bonds. The molecule has 2 atom stereocenters. The number of pyridine rings is 1. The lowest BCUT2D eigenvalue weighted by molar-refractivity contribution is -0.0429. The lowest BCUT2D eigenvalue weighted by Crippen LogP contribution is -2.30. The summed E-state index contributed by atoms with van der Waals surface area (Å²) in [5, 5.41) is 17.6. The second-order valence-electron chi connectivity index (χ2n) is 7.27. The van der Waals surface area contributed by atoms with Gasteiger partial charge in [-0.25, -0.2) is 0 Å². The van der Waals surface area contributed by atoms with Crippen molar-refractivity contribution in [2.24, 2.45) is 5.92 Å². The molecule has 0 fully saturated rings. The first-order valence-electron chi connectivity index (χ1n) is 9.52. The Morgan fingerprint density at radius 2 is 1.97 bits per heavy atom. The topological polar surface area (TPSA) is 114 Å². The molecule has 8 nitrogen and oxygen atoms in total. The molecule has 3 heterocycles. The van der Waals surface area contributed by atoms with Gasteiger partial charge in [0.2, 0.25) is 0 Å². The highest BCUT2D eigenvalue weighted by Gasteiger charge is 2.46. The molecule has 0 unspecified atom stereocenters. The fourth-order valence-corrected chi connectivity index (χ4v) is 4.09. The number of sulfonamides is 1. The van der Waals surface area contributed by atoms with E-state index in [0.29, 0.717) is 17.7 Å². The van der Waals surface area contributed by atoms with Crippen LogP contribution in [0, 0.1) is 5.92 Å². The number of aromatic nitrogens is 3. The second kappa shape index (κ2) is 8.76. The first-order chi connectivity index (χ1) is 15.5. The number of nitrogens with one attached hydrogen (secondary N) is 1. The average Bonchev–Trinajstić information content (AvgIpc) is 2.76. The predicted octanol–water partition coefficient (Wildman–Crippen LogP) is 3.74. The molecule has 2 aromatic heterocycles. The number of anilines is 1. The molecule has 0 saturated carbocycles. The van der Waals surface area contributed by atoms with E-state index >= 15 is 0 Å². The summed E-state index contributed by atoms with van der Waals surface area (Å²) in [6.45, 7) is 0.178. The number of benzene rings is 1.